The van der Waals surface area contributed by atoms with Crippen molar-refractivity contribution in [2.45, 2.75) is 182 Å². The number of aromatic amines is 1. The molecule has 0 amide bonds. The van der Waals surface area contributed by atoms with Gasteiger partial charge in [-0.3, -0.25) is 14.4 Å². The fourth-order valence-electron chi connectivity index (χ4n) is 17.6. The van der Waals surface area contributed by atoms with E-state index < -0.39 is 11.2 Å². The molecule has 0 saturated heterocycles. The van der Waals surface area contributed by atoms with Gasteiger partial charge in [-0.15, -0.1) is 0 Å². The Bertz CT molecular complexity index is 2060. The molecule has 8 fully saturated rings. The van der Waals surface area contributed by atoms with Crippen molar-refractivity contribution in [2.24, 2.45) is 80.8 Å². The fraction of sp³-hybridized carbons (Fsp3) is 0.870. The summed E-state index contributed by atoms with van der Waals surface area (Å²) in [6.07, 6.45) is 23.6. The van der Waals surface area contributed by atoms with E-state index in [-0.39, 0.29) is 141 Å². The molecule has 18 heteroatoms. The van der Waals surface area contributed by atoms with Crippen LogP contribution in [0.25, 0.3) is 0 Å². The summed E-state index contributed by atoms with van der Waals surface area (Å²) in [5.74, 6) is 6.78. The summed E-state index contributed by atoms with van der Waals surface area (Å²) in [6, 6.07) is 0. The van der Waals surface area contributed by atoms with Gasteiger partial charge in [0.1, 0.15) is 12.3 Å². The molecule has 8 saturated carbocycles. The van der Waals surface area contributed by atoms with Crippen LogP contribution in [0.1, 0.15) is 164 Å². The molecule has 15 nitrogen and oxygen atoms in total. The third kappa shape index (κ3) is 13.4. The molecule has 2 aromatic heterocycles. The minimum Gasteiger partial charge on any atom is -1.00 e. The first-order valence-corrected chi connectivity index (χ1v) is 27.3. The number of aliphatic hydroxyl groups is 2. The van der Waals surface area contributed by atoms with E-state index >= 15 is 0 Å². The summed E-state index contributed by atoms with van der Waals surface area (Å²) in [4.78, 5) is 38.7. The molecule has 398 valence electrons. The van der Waals surface area contributed by atoms with Crippen LogP contribution in [0.2, 0.25) is 0 Å². The number of Topliss-reactive ketones (excluding diaryl/α,β-unsaturated/α-hetero) is 2. The van der Waals surface area contributed by atoms with Crippen LogP contribution >= 0.6 is 15.9 Å². The number of alkyl halides is 1. The van der Waals surface area contributed by atoms with E-state index in [9.17, 15) is 19.8 Å². The Morgan fingerprint density at radius 3 is 1.54 bits per heavy atom. The van der Waals surface area contributed by atoms with Crippen LogP contribution in [0.4, 0.5) is 0 Å². The second kappa shape index (κ2) is 27.2. The number of methoxy groups -OCH3 is 2. The molecule has 2 aromatic rings. The smallest absolute Gasteiger partial charge is 1.00 e. The number of rotatable bonds is 10. The third-order valence-corrected chi connectivity index (χ3v) is 21.5. The maximum absolute atomic E-state index is 13.3. The number of hydrogen-bond donors (Lipinski definition) is 3. The molecule has 10 rings (SSSR count). The van der Waals surface area contributed by atoms with E-state index in [0.717, 1.165) is 98.8 Å². The van der Waals surface area contributed by atoms with Crippen LogP contribution in [0.3, 0.4) is 0 Å². The average molecular weight is 1120 g/mol. The number of halogens is 1. The molecule has 72 heavy (non-hydrogen) atoms. The molecule has 16 atom stereocenters. The van der Waals surface area contributed by atoms with Crippen molar-refractivity contribution in [1.82, 2.24) is 30.4 Å². The van der Waals surface area contributed by atoms with E-state index in [1.165, 1.54) is 57.8 Å². The molecule has 2 heterocycles. The fourth-order valence-corrected chi connectivity index (χ4v) is 18.0. The van der Waals surface area contributed by atoms with Crippen LogP contribution in [-0.4, -0.2) is 103 Å². The monoisotopic (exact) mass is 1120 g/mol. The van der Waals surface area contributed by atoms with Gasteiger partial charge in [-0.1, -0.05) is 51.1 Å². The quantitative estimate of drug-likeness (QED) is 0.103. The van der Waals surface area contributed by atoms with Crippen molar-refractivity contribution < 1.29 is 148 Å². The largest absolute Gasteiger partial charge is 1.00 e. The average Bonchev–Trinajstić information content (AvgIpc) is 4.13. The van der Waals surface area contributed by atoms with Crippen molar-refractivity contribution in [3.05, 3.63) is 23.8 Å². The standard InChI is InChI=1S/C26H41N3O3.C23H37BrO3.C3H5N3.CH2O3.CH4.2K.H/c1-17-14-27-29(28-17)15-23(30)22-8-7-20-19-6-5-18-13-26(31,16-32-4)12-11-24(18,2)21(19)9-10-25(20,22)3;1-21-10-11-23(26,14-27-3)12-15(21)4-5-16-17-6-7-19(20(25)13-24)22(17,2)9-8-18(16)21;1-3-2-4-6-5-3;2-1-4-3;;;;/h14,18-22,31H,5-13,15-16H2,1-4H3;15-19,26H,4-14H2,1-3H3;2H,1H3,(H,4,5,6);1,3H;1H4;;;/q;;;;;2*+1;-1/p-1/t18-,19-,20-,21-,22+,24-,25-,26+;15-,16-,17-,18-,19+,21-,22-,23+;;;;;;/m00....../s1. The summed E-state index contributed by atoms with van der Waals surface area (Å²) >= 11 is 3.43. The summed E-state index contributed by atoms with van der Waals surface area (Å²) in [5, 5.41) is 49.3. The number of hydrogen-bond acceptors (Lipinski definition) is 13. The zero-order valence-electron chi connectivity index (χ0n) is 45.9. The van der Waals surface area contributed by atoms with E-state index in [4.69, 9.17) is 19.5 Å². The van der Waals surface area contributed by atoms with Gasteiger partial charge in [-0.25, -0.2) is 0 Å². The molecular formula is C54H89BrK2N6O9. The number of ether oxygens (including phenoxy) is 2. The second-order valence-electron chi connectivity index (χ2n) is 24.3. The molecule has 8 aliphatic carbocycles. The van der Waals surface area contributed by atoms with E-state index in [1.807, 2.05) is 13.8 Å². The minimum atomic E-state index is -0.640. The first-order chi connectivity index (χ1) is 32.8. The van der Waals surface area contributed by atoms with Gasteiger partial charge in [0.25, 0.3) is 6.47 Å². The first kappa shape index (κ1) is 65.2. The molecule has 0 aliphatic heterocycles. The molecular weight excluding hydrogens is 1030 g/mol. The Morgan fingerprint density at radius 2 is 1.18 bits per heavy atom. The molecule has 8 aliphatic rings. The third-order valence-electron chi connectivity index (χ3n) is 20.9. The summed E-state index contributed by atoms with van der Waals surface area (Å²) in [7, 11) is 3.40. The van der Waals surface area contributed by atoms with Crippen molar-refractivity contribution >= 4 is 34.0 Å². The van der Waals surface area contributed by atoms with Crippen LogP contribution < -0.4 is 108 Å². The van der Waals surface area contributed by atoms with E-state index in [0.29, 0.717) is 65.2 Å². The van der Waals surface area contributed by atoms with Gasteiger partial charge in [0, 0.05) is 26.1 Å². The Kier molecular flexibility index (Phi) is 24.6. The summed E-state index contributed by atoms with van der Waals surface area (Å²) in [6.45, 7) is 14.8. The first-order valence-electron chi connectivity index (χ1n) is 26.2. The number of carbonyl (C=O) groups excluding carboxylic acids is 3. The number of aryl methyl sites for hydroxylation is 2. The molecule has 0 aromatic carbocycles. The number of ketones is 2. The Labute approximate surface area is 525 Å². The van der Waals surface area contributed by atoms with Gasteiger partial charge in [0.15, 0.2) is 5.78 Å². The van der Waals surface area contributed by atoms with Gasteiger partial charge in [0.2, 0.25) is 0 Å². The molecule has 0 spiro atoms. The SMILES string of the molecule is C.COC[C@@]1(O)CC[C@@]2(C)[C@@H](CC[C@@H]3[C@@H]2CC[C@]2(C)[C@@H](C(=O)CBr)CC[C@@H]32)C1.COC[C@@]1(O)CC[C@@]2(C)[C@@H](CC[C@@H]3[C@@H]2CC[C@]2(C)[C@@H](C(=O)Cn4ncc(C)n4)CC[C@@H]32)C1.Cc1cn[nH]n1.O=CO[O-].[H-].[K+].[K+]. The number of nitrogens with one attached hydrogen (secondary N) is 1. The predicted octanol–water partition coefficient (Wildman–Crippen LogP) is 2.48. The zero-order valence-corrected chi connectivity index (χ0v) is 52.8. The van der Waals surface area contributed by atoms with Crippen molar-refractivity contribution in [3.63, 3.8) is 0 Å². The van der Waals surface area contributed by atoms with Crippen LogP contribution in [-0.2, 0) is 35.3 Å². The number of carbonyl (C=O) groups is 3. The predicted molar refractivity (Wildman–Crippen MR) is 269 cm³/mol. The topological polar surface area (TPSA) is 215 Å². The van der Waals surface area contributed by atoms with Gasteiger partial charge in [-0.05, 0) is 198 Å². The number of fused-ring (bicyclic) bond motifs is 10. The maximum Gasteiger partial charge on any atom is 1.00 e. The number of nitrogens with zero attached hydrogens (tertiary/aromatic N) is 5. The van der Waals surface area contributed by atoms with Crippen molar-refractivity contribution in [1.29, 1.82) is 0 Å². The molecule has 0 bridgehead atoms. The molecule has 0 radical (unpaired) electrons. The minimum absolute atomic E-state index is 0. The second-order valence-corrected chi connectivity index (χ2v) is 24.8. The van der Waals surface area contributed by atoms with Crippen LogP contribution in [0.15, 0.2) is 12.4 Å². The van der Waals surface area contributed by atoms with E-state index in [2.05, 4.69) is 74.1 Å². The molecule has 3 N–H and O–H groups in total. The van der Waals surface area contributed by atoms with Crippen molar-refractivity contribution in [2.75, 3.05) is 32.8 Å². The van der Waals surface area contributed by atoms with Crippen molar-refractivity contribution in [3.8, 4) is 0 Å². The Hall–Kier alpha value is 0.643. The van der Waals surface area contributed by atoms with E-state index in [1.54, 1.807) is 31.4 Å². The van der Waals surface area contributed by atoms with Crippen LogP contribution in [0.5, 0.6) is 0 Å². The number of aromatic nitrogens is 6. The summed E-state index contributed by atoms with van der Waals surface area (Å²) < 4.78 is 10.7. The molecule has 0 unspecified atom stereocenters. The van der Waals surface area contributed by atoms with Gasteiger partial charge >= 0.3 is 103 Å². The Morgan fingerprint density at radius 1 is 0.722 bits per heavy atom. The Balaban J connectivity index is 0.000000312. The maximum atomic E-state index is 13.3. The van der Waals surface area contributed by atoms with Gasteiger partial charge < -0.3 is 31.3 Å². The van der Waals surface area contributed by atoms with Gasteiger partial charge in [0.05, 0.1) is 53.5 Å². The number of H-pyrrole nitrogens is 1. The zero-order chi connectivity index (χ0) is 50.0. The van der Waals surface area contributed by atoms with Crippen LogP contribution in [0, 0.1) is 94.7 Å². The van der Waals surface area contributed by atoms with Gasteiger partial charge in [-0.2, -0.15) is 30.4 Å². The summed E-state index contributed by atoms with van der Waals surface area (Å²) in [5.41, 5.74) is 1.56. The normalized spacial score (nSPS) is 40.8.